The molecule has 0 radical (unpaired) electrons. The van der Waals surface area contributed by atoms with Crippen molar-refractivity contribution in [1.29, 1.82) is 0 Å². The smallest absolute Gasteiger partial charge is 0.120 e. The Labute approximate surface area is 127 Å². The summed E-state index contributed by atoms with van der Waals surface area (Å²) < 4.78 is 0. The molecule has 0 aliphatic heterocycles. The summed E-state index contributed by atoms with van der Waals surface area (Å²) in [6.07, 6.45) is 11.6. The third kappa shape index (κ3) is 4.01. The molecule has 0 saturated carbocycles. The van der Waals surface area contributed by atoms with Crippen LogP contribution < -0.4 is 5.32 Å². The zero-order chi connectivity index (χ0) is 15.5. The molecule has 0 saturated heterocycles. The number of rotatable bonds is 4. The highest BCUT2D eigenvalue weighted by Gasteiger charge is 2.14. The Balaban J connectivity index is 2.17. The fraction of sp³-hybridized carbons (Fsp3) is 0.368. The standard InChI is InChI=1S/C19H25NO/c1-5-15-8-9-18(21)17(13-15)14(2)20-16-7-6-11-19(3,4)12-10-16/h6-14,20-21H,5H2,1-4H3. The van der Waals surface area contributed by atoms with Gasteiger partial charge in [-0.1, -0.05) is 51.1 Å². The normalized spacial score (nSPS) is 18.0. The van der Waals surface area contributed by atoms with E-state index in [4.69, 9.17) is 0 Å². The van der Waals surface area contributed by atoms with Crippen molar-refractivity contribution in [2.75, 3.05) is 0 Å². The molecular weight excluding hydrogens is 258 g/mol. The molecule has 2 nitrogen and oxygen atoms in total. The van der Waals surface area contributed by atoms with Crippen molar-refractivity contribution >= 4 is 0 Å². The van der Waals surface area contributed by atoms with Crippen molar-refractivity contribution < 1.29 is 5.11 Å². The molecule has 0 spiro atoms. The van der Waals surface area contributed by atoms with E-state index in [0.29, 0.717) is 5.75 Å². The van der Waals surface area contributed by atoms with Crippen LogP contribution in [-0.4, -0.2) is 5.11 Å². The summed E-state index contributed by atoms with van der Waals surface area (Å²) in [7, 11) is 0. The summed E-state index contributed by atoms with van der Waals surface area (Å²) in [4.78, 5) is 0. The molecule has 1 atom stereocenters. The van der Waals surface area contributed by atoms with E-state index in [-0.39, 0.29) is 11.5 Å². The van der Waals surface area contributed by atoms with E-state index in [0.717, 1.165) is 17.7 Å². The molecule has 1 aliphatic carbocycles. The van der Waals surface area contributed by atoms with E-state index in [1.165, 1.54) is 5.56 Å². The van der Waals surface area contributed by atoms with Gasteiger partial charge in [-0.25, -0.2) is 0 Å². The van der Waals surface area contributed by atoms with Crippen LogP contribution in [0.15, 0.2) is 54.3 Å². The van der Waals surface area contributed by atoms with E-state index < -0.39 is 0 Å². The molecule has 0 fully saturated rings. The lowest BCUT2D eigenvalue weighted by atomic mass is 9.93. The average molecular weight is 283 g/mol. The van der Waals surface area contributed by atoms with Gasteiger partial charge < -0.3 is 10.4 Å². The molecule has 112 valence electrons. The first-order chi connectivity index (χ1) is 9.91. The van der Waals surface area contributed by atoms with Crippen molar-refractivity contribution in [3.63, 3.8) is 0 Å². The fourth-order valence-corrected chi connectivity index (χ4v) is 2.41. The van der Waals surface area contributed by atoms with Crippen molar-refractivity contribution in [3.8, 4) is 5.75 Å². The number of nitrogens with one attached hydrogen (secondary N) is 1. The van der Waals surface area contributed by atoms with Crippen molar-refractivity contribution in [2.45, 2.75) is 40.2 Å². The number of allylic oxidation sites excluding steroid dienone is 5. The van der Waals surface area contributed by atoms with E-state index >= 15 is 0 Å². The van der Waals surface area contributed by atoms with Crippen LogP contribution in [0.1, 0.15) is 44.9 Å². The van der Waals surface area contributed by atoms with Gasteiger partial charge in [0.1, 0.15) is 5.75 Å². The number of hydrogen-bond acceptors (Lipinski definition) is 2. The molecule has 0 heterocycles. The van der Waals surface area contributed by atoms with Gasteiger partial charge in [0.2, 0.25) is 0 Å². The maximum Gasteiger partial charge on any atom is 0.120 e. The van der Waals surface area contributed by atoms with Gasteiger partial charge in [0.05, 0.1) is 6.04 Å². The van der Waals surface area contributed by atoms with Crippen LogP contribution in [0.5, 0.6) is 5.75 Å². The van der Waals surface area contributed by atoms with Gasteiger partial charge in [-0.2, -0.15) is 0 Å². The van der Waals surface area contributed by atoms with Gasteiger partial charge in [0.15, 0.2) is 0 Å². The Hall–Kier alpha value is -1.96. The molecule has 1 aromatic rings. The average Bonchev–Trinajstić information content (AvgIpc) is 2.60. The molecule has 0 amide bonds. The third-order valence-electron chi connectivity index (χ3n) is 3.84. The van der Waals surface area contributed by atoms with Crippen LogP contribution in [0.4, 0.5) is 0 Å². The summed E-state index contributed by atoms with van der Waals surface area (Å²) in [5.74, 6) is 0.348. The molecule has 1 unspecified atom stereocenters. The topological polar surface area (TPSA) is 32.3 Å². The highest BCUT2D eigenvalue weighted by molar-refractivity contribution is 5.39. The number of aromatic hydroxyl groups is 1. The maximum absolute atomic E-state index is 10.1. The quantitative estimate of drug-likeness (QED) is 0.843. The predicted octanol–water partition coefficient (Wildman–Crippen LogP) is 4.64. The summed E-state index contributed by atoms with van der Waals surface area (Å²) in [5, 5.41) is 13.5. The minimum absolute atomic E-state index is 0.0574. The summed E-state index contributed by atoms with van der Waals surface area (Å²) in [5.41, 5.74) is 3.32. The Kier molecular flexibility index (Phi) is 4.56. The van der Waals surface area contributed by atoms with Crippen molar-refractivity contribution in [2.24, 2.45) is 5.41 Å². The van der Waals surface area contributed by atoms with Crippen molar-refractivity contribution in [1.82, 2.24) is 5.32 Å². The molecular formula is C19H25NO. The van der Waals surface area contributed by atoms with Crippen molar-refractivity contribution in [3.05, 3.63) is 65.4 Å². The lowest BCUT2D eigenvalue weighted by Gasteiger charge is -2.18. The summed E-state index contributed by atoms with van der Waals surface area (Å²) >= 11 is 0. The Morgan fingerprint density at radius 2 is 2.00 bits per heavy atom. The number of phenolic OH excluding ortho intramolecular Hbond substituents is 1. The van der Waals surface area contributed by atoms with Gasteiger partial charge in [0, 0.05) is 16.7 Å². The van der Waals surface area contributed by atoms with E-state index in [1.807, 2.05) is 6.07 Å². The Bertz CT molecular complexity index is 594. The van der Waals surface area contributed by atoms with Crippen LogP contribution in [-0.2, 0) is 6.42 Å². The van der Waals surface area contributed by atoms with Crippen LogP contribution >= 0.6 is 0 Å². The second kappa shape index (κ2) is 6.21. The molecule has 2 rings (SSSR count). The Morgan fingerprint density at radius 1 is 1.24 bits per heavy atom. The Morgan fingerprint density at radius 3 is 2.71 bits per heavy atom. The maximum atomic E-state index is 10.1. The molecule has 0 aromatic heterocycles. The monoisotopic (exact) mass is 283 g/mol. The third-order valence-corrected chi connectivity index (χ3v) is 3.84. The fourth-order valence-electron chi connectivity index (χ4n) is 2.41. The molecule has 21 heavy (non-hydrogen) atoms. The van der Waals surface area contributed by atoms with Gasteiger partial charge in [-0.15, -0.1) is 0 Å². The van der Waals surface area contributed by atoms with Crippen LogP contribution in [0.3, 0.4) is 0 Å². The second-order valence-electron chi connectivity index (χ2n) is 6.25. The van der Waals surface area contributed by atoms with E-state index in [9.17, 15) is 5.11 Å². The molecule has 1 aliphatic rings. The first kappa shape index (κ1) is 15.4. The highest BCUT2D eigenvalue weighted by Crippen LogP contribution is 2.27. The lowest BCUT2D eigenvalue weighted by molar-refractivity contribution is 0.458. The number of aryl methyl sites for hydroxylation is 1. The number of hydrogen-bond donors (Lipinski definition) is 2. The molecule has 0 bridgehead atoms. The highest BCUT2D eigenvalue weighted by atomic mass is 16.3. The van der Waals surface area contributed by atoms with Crippen LogP contribution in [0.2, 0.25) is 0 Å². The van der Waals surface area contributed by atoms with Gasteiger partial charge in [-0.3, -0.25) is 0 Å². The van der Waals surface area contributed by atoms with Gasteiger partial charge >= 0.3 is 0 Å². The minimum atomic E-state index is 0.0574. The molecule has 2 N–H and O–H groups in total. The van der Waals surface area contributed by atoms with Crippen LogP contribution in [0.25, 0.3) is 0 Å². The number of benzene rings is 1. The predicted molar refractivity (Wildman–Crippen MR) is 89.2 cm³/mol. The zero-order valence-corrected chi connectivity index (χ0v) is 13.4. The minimum Gasteiger partial charge on any atom is -0.508 e. The zero-order valence-electron chi connectivity index (χ0n) is 13.4. The van der Waals surface area contributed by atoms with E-state index in [2.05, 4.69) is 69.5 Å². The van der Waals surface area contributed by atoms with Gasteiger partial charge in [-0.05, 0) is 37.1 Å². The van der Waals surface area contributed by atoms with E-state index in [1.54, 1.807) is 6.07 Å². The first-order valence-electron chi connectivity index (χ1n) is 7.58. The lowest BCUT2D eigenvalue weighted by Crippen LogP contribution is -2.17. The summed E-state index contributed by atoms with van der Waals surface area (Å²) in [6.45, 7) is 8.55. The summed E-state index contributed by atoms with van der Waals surface area (Å²) in [6, 6.07) is 5.89. The first-order valence-corrected chi connectivity index (χ1v) is 7.58. The molecule has 2 heteroatoms. The molecule has 1 aromatic carbocycles. The second-order valence-corrected chi connectivity index (χ2v) is 6.25. The van der Waals surface area contributed by atoms with Crippen LogP contribution in [0, 0.1) is 5.41 Å². The number of phenols is 1. The van der Waals surface area contributed by atoms with Gasteiger partial charge in [0.25, 0.3) is 0 Å². The largest absolute Gasteiger partial charge is 0.508 e. The SMILES string of the molecule is CCc1ccc(O)c(C(C)NC2=CC=CC(C)(C)C=C2)c1.